The van der Waals surface area contributed by atoms with E-state index in [1.54, 1.807) is 0 Å². The lowest BCUT2D eigenvalue weighted by atomic mass is 10.00. The van der Waals surface area contributed by atoms with Crippen LogP contribution in [-0.4, -0.2) is 57.3 Å². The van der Waals surface area contributed by atoms with Gasteiger partial charge in [-0.25, -0.2) is 0 Å². The lowest BCUT2D eigenvalue weighted by Gasteiger charge is -2.27. The molecule has 5 N–H and O–H groups in total. The van der Waals surface area contributed by atoms with Gasteiger partial charge in [0.05, 0.1) is 18.8 Å². The molecule has 0 heterocycles. The highest BCUT2D eigenvalue weighted by molar-refractivity contribution is 5.80. The number of carbonyl (C=O) groups is 1. The fourth-order valence-electron chi connectivity index (χ4n) is 10.9. The summed E-state index contributed by atoms with van der Waals surface area (Å²) in [5.74, 6) is -0.593. The Hall–Kier alpha value is -1.73. The van der Waals surface area contributed by atoms with Crippen LogP contribution in [0.4, 0.5) is 0 Å². The van der Waals surface area contributed by atoms with Crippen LogP contribution in [0.3, 0.4) is 0 Å². The molecule has 0 radical (unpaired) electrons. The molecule has 0 bridgehead atoms. The van der Waals surface area contributed by atoms with Crippen molar-refractivity contribution in [3.63, 3.8) is 0 Å². The molecule has 0 spiro atoms. The molecule has 0 saturated heterocycles. The number of aliphatic hydroxyl groups excluding tert-OH is 4. The third-order valence-electron chi connectivity index (χ3n) is 16.2. The summed E-state index contributed by atoms with van der Waals surface area (Å²) in [6, 6.07) is -1.01. The van der Waals surface area contributed by atoms with Crippen molar-refractivity contribution >= 4 is 5.91 Å². The predicted molar refractivity (Wildman–Crippen MR) is 339 cm³/mol. The largest absolute Gasteiger partial charge is 0.394 e. The molecule has 4 unspecified atom stereocenters. The highest BCUT2D eigenvalue weighted by Gasteiger charge is 2.28. The number of allylic oxidation sites excluding steroid dienone is 8. The van der Waals surface area contributed by atoms with Gasteiger partial charge >= 0.3 is 0 Å². The molecule has 0 aliphatic heterocycles. The Morgan fingerprint density at radius 2 is 0.584 bits per heavy atom. The van der Waals surface area contributed by atoms with Gasteiger partial charge in [-0.3, -0.25) is 4.79 Å². The Labute approximate surface area is 480 Å². The van der Waals surface area contributed by atoms with E-state index >= 15 is 0 Å². The minimum Gasteiger partial charge on any atom is -0.394 e. The molecule has 0 aromatic carbocycles. The van der Waals surface area contributed by atoms with E-state index in [9.17, 15) is 25.2 Å². The van der Waals surface area contributed by atoms with Crippen LogP contribution in [0.25, 0.3) is 0 Å². The van der Waals surface area contributed by atoms with Crippen LogP contribution < -0.4 is 5.32 Å². The first-order valence-electron chi connectivity index (χ1n) is 34.5. The van der Waals surface area contributed by atoms with Crippen molar-refractivity contribution in [1.29, 1.82) is 0 Å². The second kappa shape index (κ2) is 65.1. The molecule has 77 heavy (non-hydrogen) atoms. The summed E-state index contributed by atoms with van der Waals surface area (Å²) < 4.78 is 0. The molecule has 6 heteroatoms. The molecule has 6 nitrogen and oxygen atoms in total. The zero-order valence-corrected chi connectivity index (χ0v) is 51.7. The van der Waals surface area contributed by atoms with Crippen molar-refractivity contribution in [2.75, 3.05) is 6.61 Å². The predicted octanol–water partition coefficient (Wildman–Crippen LogP) is 21.3. The smallest absolute Gasteiger partial charge is 0.249 e. The van der Waals surface area contributed by atoms with Crippen molar-refractivity contribution in [3.8, 4) is 0 Å². The Balaban J connectivity index is 3.60. The minimum atomic E-state index is -1.29. The maximum absolute atomic E-state index is 12.7. The van der Waals surface area contributed by atoms with E-state index in [1.807, 2.05) is 0 Å². The average Bonchev–Trinajstić information content (AvgIpc) is 3.43. The lowest BCUT2D eigenvalue weighted by molar-refractivity contribution is -0.132. The monoisotopic (exact) mass is 1080 g/mol. The van der Waals surface area contributed by atoms with Crippen LogP contribution >= 0.6 is 0 Å². The quantitative estimate of drug-likeness (QED) is 0.0308. The molecule has 0 aromatic heterocycles. The van der Waals surface area contributed by atoms with Crippen LogP contribution in [0.5, 0.6) is 0 Å². The van der Waals surface area contributed by atoms with Gasteiger partial charge in [0.1, 0.15) is 12.2 Å². The van der Waals surface area contributed by atoms with Crippen LogP contribution in [0.15, 0.2) is 48.6 Å². The Kier molecular flexibility index (Phi) is 63.6. The average molecular weight is 1080 g/mol. The highest BCUT2D eigenvalue weighted by atomic mass is 16.3. The topological polar surface area (TPSA) is 110 Å². The van der Waals surface area contributed by atoms with Gasteiger partial charge in [0, 0.05) is 0 Å². The molecule has 0 saturated carbocycles. The fourth-order valence-corrected chi connectivity index (χ4v) is 10.9. The zero-order valence-electron chi connectivity index (χ0n) is 51.7. The summed E-state index contributed by atoms with van der Waals surface area (Å²) in [5.41, 5.74) is 0. The number of hydrogen-bond acceptors (Lipinski definition) is 5. The first kappa shape index (κ1) is 75.3. The summed E-state index contributed by atoms with van der Waals surface area (Å²) in [6.07, 6.45) is 85.2. The first-order chi connectivity index (χ1) is 38.0. The first-order valence-corrected chi connectivity index (χ1v) is 34.5. The molecule has 0 aliphatic carbocycles. The van der Waals surface area contributed by atoms with Crippen molar-refractivity contribution in [1.82, 2.24) is 5.32 Å². The number of hydrogen-bond donors (Lipinski definition) is 5. The van der Waals surface area contributed by atoms with E-state index in [2.05, 4.69) is 67.8 Å². The maximum Gasteiger partial charge on any atom is 0.249 e. The summed E-state index contributed by atoms with van der Waals surface area (Å²) in [5, 5.41) is 44.2. The fraction of sp³-hybridized carbons (Fsp3) is 0.873. The van der Waals surface area contributed by atoms with E-state index in [1.165, 1.54) is 289 Å². The van der Waals surface area contributed by atoms with Gasteiger partial charge in [-0.05, 0) is 83.5 Å². The van der Waals surface area contributed by atoms with Crippen LogP contribution in [0.2, 0.25) is 0 Å². The highest BCUT2D eigenvalue weighted by Crippen LogP contribution is 2.19. The molecule has 0 rings (SSSR count). The van der Waals surface area contributed by atoms with Crippen molar-refractivity contribution < 1.29 is 25.2 Å². The molecular formula is C71H135NO5. The number of amides is 1. The Morgan fingerprint density at radius 1 is 0.325 bits per heavy atom. The third-order valence-corrected chi connectivity index (χ3v) is 16.2. The Bertz CT molecular complexity index is 1260. The molecule has 0 aliphatic rings. The zero-order chi connectivity index (χ0) is 55.8. The molecule has 454 valence electrons. The summed E-state index contributed by atoms with van der Waals surface area (Å²) in [6.45, 7) is 4.09. The maximum atomic E-state index is 12.7. The van der Waals surface area contributed by atoms with E-state index in [0.29, 0.717) is 19.3 Å². The second-order valence-corrected chi connectivity index (χ2v) is 23.9. The lowest BCUT2D eigenvalue weighted by Crippen LogP contribution is -2.53. The summed E-state index contributed by atoms with van der Waals surface area (Å²) >= 11 is 0. The van der Waals surface area contributed by atoms with E-state index in [0.717, 1.165) is 44.9 Å². The number of carbonyl (C=O) groups excluding carboxylic acids is 1. The standard InChI is InChI=1S/C71H135NO5/c1-3-5-7-9-11-13-15-17-19-21-23-25-27-29-31-32-33-34-35-36-37-39-41-43-45-47-49-51-53-55-57-59-61-63-65-69(75)71(77)72-67(66-73)70(76)68(74)64-62-60-58-56-54-52-50-48-46-44-42-40-38-30-28-26-24-22-20-18-16-14-12-10-8-6-4-2/h27,29,32-33,48,50,56,58,67-70,73-76H,3-26,28,30-31,34-47,49,51-55,57,59-66H2,1-2H3,(H,72,77)/b29-27-,33-32-,50-48+,58-56+. The van der Waals surface area contributed by atoms with Crippen LogP contribution in [0.1, 0.15) is 367 Å². The van der Waals surface area contributed by atoms with E-state index in [-0.39, 0.29) is 0 Å². The third kappa shape index (κ3) is 58.7. The van der Waals surface area contributed by atoms with Gasteiger partial charge < -0.3 is 25.7 Å². The summed E-state index contributed by atoms with van der Waals surface area (Å²) in [4.78, 5) is 12.7. The number of aliphatic hydroxyl groups is 4. The van der Waals surface area contributed by atoms with Crippen molar-refractivity contribution in [2.45, 2.75) is 391 Å². The molecule has 0 fully saturated rings. The number of unbranched alkanes of at least 4 members (excludes halogenated alkanes) is 47. The molecule has 0 aromatic rings. The number of nitrogens with one attached hydrogen (secondary N) is 1. The molecule has 4 atom stereocenters. The minimum absolute atomic E-state index is 0.360. The molecule has 1 amide bonds. The van der Waals surface area contributed by atoms with Crippen molar-refractivity contribution in [2.24, 2.45) is 0 Å². The second-order valence-electron chi connectivity index (χ2n) is 23.9. The van der Waals surface area contributed by atoms with Gasteiger partial charge in [-0.2, -0.15) is 0 Å². The van der Waals surface area contributed by atoms with Crippen LogP contribution in [0, 0.1) is 0 Å². The van der Waals surface area contributed by atoms with Gasteiger partial charge in [-0.15, -0.1) is 0 Å². The van der Waals surface area contributed by atoms with Crippen molar-refractivity contribution in [3.05, 3.63) is 48.6 Å². The van der Waals surface area contributed by atoms with Crippen LogP contribution in [-0.2, 0) is 4.79 Å². The van der Waals surface area contributed by atoms with E-state index in [4.69, 9.17) is 0 Å². The van der Waals surface area contributed by atoms with Gasteiger partial charge in [-0.1, -0.05) is 332 Å². The van der Waals surface area contributed by atoms with Gasteiger partial charge in [0.15, 0.2) is 0 Å². The number of rotatable bonds is 64. The SMILES string of the molecule is CCCCCCCCCCCCC/C=C\C/C=C\CCCCCCCCCCCCCCCCCCC(O)C(=O)NC(CO)C(O)C(O)CCC/C=C/CC/C=C/CCCCCCCCCCCCCCCCCCCC. The summed E-state index contributed by atoms with van der Waals surface area (Å²) in [7, 11) is 0. The van der Waals surface area contributed by atoms with E-state index < -0.39 is 36.9 Å². The van der Waals surface area contributed by atoms with Gasteiger partial charge in [0.25, 0.3) is 0 Å². The molecular weight excluding hydrogens is 947 g/mol. The van der Waals surface area contributed by atoms with Gasteiger partial charge in [0.2, 0.25) is 5.91 Å². The Morgan fingerprint density at radius 3 is 0.896 bits per heavy atom. The normalized spacial score (nSPS) is 13.8.